The molecule has 1 atom stereocenters. The number of rotatable bonds is 5. The SMILES string of the molecule is CN1CC(COCC2CC2)C2(CCN(C3CCCC3)CC2)C1.O=C(O)C(F)(F)F.O=C(O)C(F)(F)F. The molecule has 2 saturated carbocycles. The van der Waals surface area contributed by atoms with E-state index in [9.17, 15) is 26.3 Å². The molecule has 2 N–H and O–H groups in total. The summed E-state index contributed by atoms with van der Waals surface area (Å²) in [6, 6.07) is 0.918. The lowest BCUT2D eigenvalue weighted by Crippen LogP contribution is -2.48. The van der Waals surface area contributed by atoms with Gasteiger partial charge in [-0.2, -0.15) is 26.3 Å². The Hall–Kier alpha value is -1.60. The van der Waals surface area contributed by atoms with Gasteiger partial charge in [-0.1, -0.05) is 12.8 Å². The van der Waals surface area contributed by atoms with Crippen molar-refractivity contribution in [1.82, 2.24) is 9.80 Å². The maximum atomic E-state index is 10.6. The van der Waals surface area contributed by atoms with Crippen LogP contribution in [-0.4, -0.2) is 96.8 Å². The third-order valence-corrected chi connectivity index (χ3v) is 7.47. The second-order valence-electron chi connectivity index (χ2n) is 10.3. The average molecular weight is 535 g/mol. The van der Waals surface area contributed by atoms with Crippen LogP contribution in [0.15, 0.2) is 0 Å². The van der Waals surface area contributed by atoms with Gasteiger partial charge in [0.05, 0.1) is 6.61 Å². The van der Waals surface area contributed by atoms with Crippen molar-refractivity contribution in [2.24, 2.45) is 17.3 Å². The van der Waals surface area contributed by atoms with E-state index >= 15 is 0 Å². The fourth-order valence-electron chi connectivity index (χ4n) is 5.36. The molecule has 0 bridgehead atoms. The maximum Gasteiger partial charge on any atom is 0.490 e. The zero-order chi connectivity index (χ0) is 27.1. The first kappa shape index (κ1) is 30.6. The average Bonchev–Trinajstić information content (AvgIpc) is 3.32. The first-order valence-electron chi connectivity index (χ1n) is 12.2. The van der Waals surface area contributed by atoms with E-state index in [4.69, 9.17) is 24.5 Å². The number of alkyl halides is 6. The van der Waals surface area contributed by atoms with E-state index in [1.807, 2.05) is 0 Å². The number of likely N-dealkylation sites (tertiary alicyclic amines) is 2. The van der Waals surface area contributed by atoms with Gasteiger partial charge in [0.15, 0.2) is 0 Å². The Balaban J connectivity index is 0.000000271. The van der Waals surface area contributed by atoms with E-state index < -0.39 is 24.3 Å². The first-order chi connectivity index (χ1) is 16.6. The summed E-state index contributed by atoms with van der Waals surface area (Å²) in [6.45, 7) is 7.31. The lowest BCUT2D eigenvalue weighted by atomic mass is 9.71. The Morgan fingerprint density at radius 3 is 1.78 bits per heavy atom. The minimum Gasteiger partial charge on any atom is -0.475 e. The van der Waals surface area contributed by atoms with E-state index in [0.29, 0.717) is 5.41 Å². The number of hydrogen-bond donors (Lipinski definition) is 2. The molecule has 13 heteroatoms. The highest BCUT2D eigenvalue weighted by molar-refractivity contribution is 5.73. The molecular weight excluding hydrogens is 498 g/mol. The molecule has 2 heterocycles. The molecule has 210 valence electrons. The highest BCUT2D eigenvalue weighted by Gasteiger charge is 2.47. The van der Waals surface area contributed by atoms with Crippen LogP contribution in [0.5, 0.6) is 0 Å². The Morgan fingerprint density at radius 1 is 0.889 bits per heavy atom. The second kappa shape index (κ2) is 12.8. The molecule has 0 aromatic heterocycles. The van der Waals surface area contributed by atoms with Crippen LogP contribution in [0.1, 0.15) is 51.4 Å². The van der Waals surface area contributed by atoms with Crippen molar-refractivity contribution >= 4 is 11.9 Å². The Labute approximate surface area is 206 Å². The molecule has 2 aliphatic heterocycles. The summed E-state index contributed by atoms with van der Waals surface area (Å²) in [7, 11) is 2.31. The van der Waals surface area contributed by atoms with Gasteiger partial charge in [-0.25, -0.2) is 9.59 Å². The molecule has 0 radical (unpaired) electrons. The summed E-state index contributed by atoms with van der Waals surface area (Å²) < 4.78 is 69.6. The van der Waals surface area contributed by atoms with Crippen molar-refractivity contribution in [3.05, 3.63) is 0 Å². The Bertz CT molecular complexity index is 691. The molecule has 4 fully saturated rings. The Kier molecular flexibility index (Phi) is 10.9. The van der Waals surface area contributed by atoms with E-state index in [-0.39, 0.29) is 0 Å². The topological polar surface area (TPSA) is 90.3 Å². The largest absolute Gasteiger partial charge is 0.490 e. The van der Waals surface area contributed by atoms with E-state index in [0.717, 1.165) is 31.1 Å². The van der Waals surface area contributed by atoms with Gasteiger partial charge in [-0.05, 0) is 70.0 Å². The van der Waals surface area contributed by atoms with Crippen molar-refractivity contribution in [2.75, 3.05) is 46.4 Å². The fourth-order valence-corrected chi connectivity index (χ4v) is 5.36. The van der Waals surface area contributed by atoms with Gasteiger partial charge in [0.25, 0.3) is 0 Å². The number of carboxylic acids is 2. The number of ether oxygens (including phenoxy) is 1. The highest BCUT2D eigenvalue weighted by atomic mass is 19.4. The third kappa shape index (κ3) is 9.70. The number of halogens is 6. The van der Waals surface area contributed by atoms with Crippen molar-refractivity contribution in [1.29, 1.82) is 0 Å². The lowest BCUT2D eigenvalue weighted by molar-refractivity contribution is -0.193. The number of aliphatic carboxylic acids is 2. The molecule has 0 aromatic rings. The van der Waals surface area contributed by atoms with Crippen molar-refractivity contribution < 1.29 is 50.9 Å². The molecule has 0 aromatic carbocycles. The zero-order valence-corrected chi connectivity index (χ0v) is 20.4. The highest BCUT2D eigenvalue weighted by Crippen LogP contribution is 2.45. The molecule has 1 unspecified atom stereocenters. The van der Waals surface area contributed by atoms with Gasteiger partial charge in [0, 0.05) is 31.7 Å². The molecule has 0 amide bonds. The molecular formula is C23H36F6N2O5. The predicted molar refractivity (Wildman–Crippen MR) is 117 cm³/mol. The molecule has 4 rings (SSSR count). The van der Waals surface area contributed by atoms with Crippen LogP contribution in [0.2, 0.25) is 0 Å². The van der Waals surface area contributed by atoms with Crippen LogP contribution in [0.4, 0.5) is 26.3 Å². The standard InChI is InChI=1S/C19H34N2O.2C2HF3O2/c1-20-12-17(14-22-13-16-6-7-16)19(15-20)8-10-21(11-9-19)18-4-2-3-5-18;2*3-2(4,5)1(6)7/h16-18H,2-15H2,1H3;2*(H,6,7). The van der Waals surface area contributed by atoms with Crippen molar-refractivity contribution in [3.63, 3.8) is 0 Å². The number of carbonyl (C=O) groups is 2. The fraction of sp³-hybridized carbons (Fsp3) is 0.913. The van der Waals surface area contributed by atoms with Gasteiger partial charge < -0.3 is 24.7 Å². The second-order valence-corrected chi connectivity index (χ2v) is 10.3. The van der Waals surface area contributed by atoms with E-state index in [2.05, 4.69) is 16.8 Å². The minimum atomic E-state index is -5.08. The van der Waals surface area contributed by atoms with Gasteiger partial charge in [0.2, 0.25) is 0 Å². The summed E-state index contributed by atoms with van der Waals surface area (Å²) >= 11 is 0. The van der Waals surface area contributed by atoms with Crippen LogP contribution >= 0.6 is 0 Å². The summed E-state index contributed by atoms with van der Waals surface area (Å²) in [4.78, 5) is 23.2. The summed E-state index contributed by atoms with van der Waals surface area (Å²) in [6.07, 6.45) is 1.32. The van der Waals surface area contributed by atoms with Gasteiger partial charge in [-0.15, -0.1) is 0 Å². The molecule has 2 aliphatic carbocycles. The zero-order valence-electron chi connectivity index (χ0n) is 20.4. The van der Waals surface area contributed by atoms with Crippen LogP contribution in [0.3, 0.4) is 0 Å². The number of piperidine rings is 1. The quantitative estimate of drug-likeness (QED) is 0.510. The maximum absolute atomic E-state index is 10.6. The molecule has 1 spiro atoms. The van der Waals surface area contributed by atoms with E-state index in [1.165, 1.54) is 77.5 Å². The molecule has 7 nitrogen and oxygen atoms in total. The number of hydrogen-bond acceptors (Lipinski definition) is 5. The van der Waals surface area contributed by atoms with Gasteiger partial charge in [0.1, 0.15) is 0 Å². The lowest BCUT2D eigenvalue weighted by Gasteiger charge is -2.44. The monoisotopic (exact) mass is 534 g/mol. The Morgan fingerprint density at radius 2 is 1.36 bits per heavy atom. The molecule has 2 saturated heterocycles. The number of nitrogens with zero attached hydrogens (tertiary/aromatic N) is 2. The molecule has 4 aliphatic rings. The van der Waals surface area contributed by atoms with Gasteiger partial charge >= 0.3 is 24.3 Å². The van der Waals surface area contributed by atoms with Crippen molar-refractivity contribution in [2.45, 2.75) is 69.8 Å². The van der Waals surface area contributed by atoms with Crippen LogP contribution in [0, 0.1) is 17.3 Å². The van der Waals surface area contributed by atoms with Crippen LogP contribution < -0.4 is 0 Å². The third-order valence-electron chi connectivity index (χ3n) is 7.47. The van der Waals surface area contributed by atoms with Crippen molar-refractivity contribution in [3.8, 4) is 0 Å². The smallest absolute Gasteiger partial charge is 0.475 e. The normalized spacial score (nSPS) is 25.1. The predicted octanol–water partition coefficient (Wildman–Crippen LogP) is 4.27. The summed E-state index contributed by atoms with van der Waals surface area (Å²) in [5.74, 6) is -3.83. The summed E-state index contributed by atoms with van der Waals surface area (Å²) in [5, 5.41) is 14.2. The van der Waals surface area contributed by atoms with Crippen LogP contribution in [0.25, 0.3) is 0 Å². The molecule has 36 heavy (non-hydrogen) atoms. The van der Waals surface area contributed by atoms with Crippen LogP contribution in [-0.2, 0) is 14.3 Å². The number of carboxylic acid groups (broad SMARTS) is 2. The minimum absolute atomic E-state index is 0.563. The van der Waals surface area contributed by atoms with Gasteiger partial charge in [-0.3, -0.25) is 0 Å². The van der Waals surface area contributed by atoms with E-state index in [1.54, 1.807) is 0 Å². The summed E-state index contributed by atoms with van der Waals surface area (Å²) in [5.41, 5.74) is 0.563. The first-order valence-corrected chi connectivity index (χ1v) is 12.2.